The zero-order valence-electron chi connectivity index (χ0n) is 11.3. The van der Waals surface area contributed by atoms with E-state index in [0.29, 0.717) is 11.8 Å². The smallest absolute Gasteiger partial charge is 0.335 e. The third-order valence-electron chi connectivity index (χ3n) is 4.19. The molecule has 19 heavy (non-hydrogen) atoms. The number of carbonyl (C=O) groups is 1. The molecular formula is C15H20O3S. The van der Waals surface area contributed by atoms with Crippen LogP contribution in [-0.4, -0.2) is 20.5 Å². The number of benzene rings is 1. The molecule has 4 unspecified atom stereocenters. The van der Waals surface area contributed by atoms with E-state index in [-0.39, 0.29) is 10.8 Å². The molecule has 3 nitrogen and oxygen atoms in total. The lowest BCUT2D eigenvalue weighted by atomic mass is 9.81. The average Bonchev–Trinajstić information content (AvgIpc) is 2.41. The largest absolute Gasteiger partial charge is 0.478 e. The van der Waals surface area contributed by atoms with E-state index >= 15 is 0 Å². The Kier molecular flexibility index (Phi) is 4.40. The van der Waals surface area contributed by atoms with Crippen molar-refractivity contribution in [1.82, 2.24) is 0 Å². The van der Waals surface area contributed by atoms with Crippen molar-refractivity contribution in [1.29, 1.82) is 0 Å². The third-order valence-corrected chi connectivity index (χ3v) is 5.96. The summed E-state index contributed by atoms with van der Waals surface area (Å²) >= 11 is 0. The van der Waals surface area contributed by atoms with Crippen LogP contribution in [0.25, 0.3) is 0 Å². The summed E-state index contributed by atoms with van der Waals surface area (Å²) < 4.78 is 12.5. The molecule has 1 saturated carbocycles. The first-order chi connectivity index (χ1) is 8.99. The van der Waals surface area contributed by atoms with Gasteiger partial charge in [-0.15, -0.1) is 0 Å². The first-order valence-electron chi connectivity index (χ1n) is 6.73. The molecule has 0 aromatic heterocycles. The van der Waals surface area contributed by atoms with Crippen LogP contribution in [0.15, 0.2) is 29.2 Å². The molecule has 0 radical (unpaired) electrons. The summed E-state index contributed by atoms with van der Waals surface area (Å²) in [5.41, 5.74) is 0.242. The van der Waals surface area contributed by atoms with Gasteiger partial charge >= 0.3 is 5.97 Å². The van der Waals surface area contributed by atoms with Gasteiger partial charge in [0.2, 0.25) is 0 Å². The highest BCUT2D eigenvalue weighted by Gasteiger charge is 2.28. The molecule has 1 aromatic rings. The summed E-state index contributed by atoms with van der Waals surface area (Å²) in [6.45, 7) is 4.48. The second kappa shape index (κ2) is 5.87. The molecule has 0 spiro atoms. The SMILES string of the molecule is CC1CCC(S(=O)c2ccc(C(=O)O)cc2)CC1C. The fourth-order valence-electron chi connectivity index (χ4n) is 2.62. The number of rotatable bonds is 3. The van der Waals surface area contributed by atoms with Crippen molar-refractivity contribution in [3.8, 4) is 0 Å². The highest BCUT2D eigenvalue weighted by atomic mass is 32.2. The number of aromatic carboxylic acids is 1. The van der Waals surface area contributed by atoms with E-state index in [1.807, 2.05) is 0 Å². The van der Waals surface area contributed by atoms with Crippen LogP contribution in [0, 0.1) is 11.8 Å². The fraction of sp³-hybridized carbons (Fsp3) is 0.533. The van der Waals surface area contributed by atoms with Crippen LogP contribution in [0.2, 0.25) is 0 Å². The van der Waals surface area contributed by atoms with Crippen LogP contribution in [-0.2, 0) is 10.8 Å². The molecule has 1 aliphatic carbocycles. The van der Waals surface area contributed by atoms with Gasteiger partial charge in [-0.3, -0.25) is 4.21 Å². The lowest BCUT2D eigenvalue weighted by Crippen LogP contribution is -2.27. The van der Waals surface area contributed by atoms with Gasteiger partial charge in [0.05, 0.1) is 16.4 Å². The molecule has 1 aliphatic rings. The van der Waals surface area contributed by atoms with Crippen molar-refractivity contribution < 1.29 is 14.1 Å². The van der Waals surface area contributed by atoms with Crippen LogP contribution in [0.5, 0.6) is 0 Å². The maximum atomic E-state index is 12.5. The minimum atomic E-state index is -1.02. The van der Waals surface area contributed by atoms with Crippen molar-refractivity contribution in [2.75, 3.05) is 0 Å². The van der Waals surface area contributed by atoms with Crippen LogP contribution < -0.4 is 0 Å². The minimum absolute atomic E-state index is 0.210. The van der Waals surface area contributed by atoms with Gasteiger partial charge in [0, 0.05) is 10.1 Å². The van der Waals surface area contributed by atoms with E-state index in [2.05, 4.69) is 13.8 Å². The molecule has 2 rings (SSSR count). The molecule has 4 atom stereocenters. The Balaban J connectivity index is 2.09. The summed E-state index contributed by atoms with van der Waals surface area (Å²) in [5.74, 6) is 0.376. The molecule has 0 aliphatic heterocycles. The predicted molar refractivity (Wildman–Crippen MR) is 75.8 cm³/mol. The van der Waals surface area contributed by atoms with Crippen molar-refractivity contribution in [3.05, 3.63) is 29.8 Å². The quantitative estimate of drug-likeness (QED) is 0.924. The van der Waals surface area contributed by atoms with Crippen LogP contribution in [0.1, 0.15) is 43.5 Å². The van der Waals surface area contributed by atoms with Gasteiger partial charge in [-0.05, 0) is 55.4 Å². The van der Waals surface area contributed by atoms with E-state index in [0.717, 1.165) is 24.2 Å². The Morgan fingerprint density at radius 1 is 1.16 bits per heavy atom. The van der Waals surface area contributed by atoms with Gasteiger partial charge in [0.15, 0.2) is 0 Å². The first-order valence-corrected chi connectivity index (χ1v) is 7.94. The Bertz CT molecular complexity index is 481. The Morgan fingerprint density at radius 2 is 1.79 bits per heavy atom. The standard InChI is InChI=1S/C15H20O3S/c1-10-3-6-14(9-11(10)2)19(18)13-7-4-12(5-8-13)15(16)17/h4-5,7-8,10-11,14H,3,6,9H2,1-2H3,(H,16,17). The fourth-order valence-corrected chi connectivity index (χ4v) is 4.23. The van der Waals surface area contributed by atoms with E-state index in [9.17, 15) is 9.00 Å². The molecular weight excluding hydrogens is 260 g/mol. The van der Waals surface area contributed by atoms with E-state index in [1.54, 1.807) is 12.1 Å². The van der Waals surface area contributed by atoms with E-state index < -0.39 is 16.8 Å². The normalized spacial score (nSPS) is 28.8. The van der Waals surface area contributed by atoms with Crippen molar-refractivity contribution in [2.45, 2.75) is 43.3 Å². The predicted octanol–water partition coefficient (Wildman–Crippen LogP) is 3.32. The average molecular weight is 280 g/mol. The summed E-state index contributed by atoms with van der Waals surface area (Å²) in [4.78, 5) is 11.5. The zero-order valence-corrected chi connectivity index (χ0v) is 12.2. The molecule has 1 aromatic carbocycles. The van der Waals surface area contributed by atoms with Crippen LogP contribution in [0.4, 0.5) is 0 Å². The first kappa shape index (κ1) is 14.3. The molecule has 0 amide bonds. The summed E-state index contributed by atoms with van der Waals surface area (Å²) in [5, 5.41) is 9.06. The molecule has 104 valence electrons. The highest BCUT2D eigenvalue weighted by Crippen LogP contribution is 2.33. The van der Waals surface area contributed by atoms with Gasteiger partial charge < -0.3 is 5.11 Å². The highest BCUT2D eigenvalue weighted by molar-refractivity contribution is 7.85. The number of hydrogen-bond donors (Lipinski definition) is 1. The number of carboxylic acids is 1. The zero-order chi connectivity index (χ0) is 14.0. The molecule has 4 heteroatoms. The molecule has 0 bridgehead atoms. The lowest BCUT2D eigenvalue weighted by Gasteiger charge is -2.31. The van der Waals surface area contributed by atoms with Crippen molar-refractivity contribution >= 4 is 16.8 Å². The third kappa shape index (κ3) is 3.24. The molecule has 0 saturated heterocycles. The Labute approximate surface area is 116 Å². The molecule has 1 fully saturated rings. The van der Waals surface area contributed by atoms with Gasteiger partial charge in [-0.2, -0.15) is 0 Å². The van der Waals surface area contributed by atoms with Crippen LogP contribution in [0.3, 0.4) is 0 Å². The Hall–Kier alpha value is -1.16. The summed E-state index contributed by atoms with van der Waals surface area (Å²) in [6.07, 6.45) is 3.12. The monoisotopic (exact) mass is 280 g/mol. The maximum Gasteiger partial charge on any atom is 0.335 e. The second-order valence-corrected chi connectivity index (χ2v) is 7.25. The van der Waals surface area contributed by atoms with Crippen LogP contribution >= 0.6 is 0 Å². The van der Waals surface area contributed by atoms with Gasteiger partial charge in [0.25, 0.3) is 0 Å². The van der Waals surface area contributed by atoms with E-state index in [1.165, 1.54) is 12.1 Å². The van der Waals surface area contributed by atoms with Crippen molar-refractivity contribution in [3.63, 3.8) is 0 Å². The Morgan fingerprint density at radius 3 is 2.32 bits per heavy atom. The van der Waals surface area contributed by atoms with Gasteiger partial charge in [0.1, 0.15) is 0 Å². The molecule has 1 N–H and O–H groups in total. The second-order valence-electron chi connectivity index (χ2n) is 5.52. The minimum Gasteiger partial charge on any atom is -0.478 e. The number of carboxylic acid groups (broad SMARTS) is 1. The van der Waals surface area contributed by atoms with Gasteiger partial charge in [-0.1, -0.05) is 13.8 Å². The van der Waals surface area contributed by atoms with Gasteiger partial charge in [-0.25, -0.2) is 4.79 Å². The summed E-state index contributed by atoms with van der Waals surface area (Å²) in [7, 11) is -1.02. The number of hydrogen-bond acceptors (Lipinski definition) is 2. The summed E-state index contributed by atoms with van der Waals surface area (Å²) in [6, 6.07) is 6.43. The lowest BCUT2D eigenvalue weighted by molar-refractivity contribution is 0.0697. The maximum absolute atomic E-state index is 12.5. The van der Waals surface area contributed by atoms with Crippen molar-refractivity contribution in [2.24, 2.45) is 11.8 Å². The van der Waals surface area contributed by atoms with E-state index in [4.69, 9.17) is 5.11 Å². The topological polar surface area (TPSA) is 54.4 Å². The molecule has 0 heterocycles.